The minimum absolute atomic E-state index is 0.248. The van der Waals surface area contributed by atoms with Crippen molar-refractivity contribution in [2.24, 2.45) is 0 Å². The van der Waals surface area contributed by atoms with E-state index < -0.39 is 30.0 Å². The van der Waals surface area contributed by atoms with Gasteiger partial charge in [-0.15, -0.1) is 4.68 Å². The van der Waals surface area contributed by atoms with Crippen LogP contribution in [0.25, 0.3) is 0 Å². The number of rotatable bonds is 2. The molecule has 1 aromatic rings. The first-order valence-corrected chi connectivity index (χ1v) is 7.59. The molecule has 0 atom stereocenters. The first-order chi connectivity index (χ1) is 10.4. The third-order valence-corrected chi connectivity index (χ3v) is 4.02. The van der Waals surface area contributed by atoms with Crippen molar-refractivity contribution < 1.29 is 23.6 Å². The maximum Gasteiger partial charge on any atom is 0.502 e. The lowest BCUT2D eigenvalue weighted by atomic mass is 9.81. The topological polar surface area (TPSA) is 71.8 Å². The van der Waals surface area contributed by atoms with E-state index >= 15 is 0 Å². The summed E-state index contributed by atoms with van der Waals surface area (Å²) in [6, 6.07) is 0. The largest absolute Gasteiger partial charge is 0.502 e. The van der Waals surface area contributed by atoms with Gasteiger partial charge in [0.2, 0.25) is 5.88 Å². The van der Waals surface area contributed by atoms with E-state index in [1.54, 1.807) is 20.8 Å². The van der Waals surface area contributed by atoms with Gasteiger partial charge in [0, 0.05) is 0 Å². The van der Waals surface area contributed by atoms with Crippen molar-refractivity contribution in [1.82, 2.24) is 9.78 Å². The van der Waals surface area contributed by atoms with Crippen LogP contribution in [0.5, 0.6) is 5.88 Å². The van der Waals surface area contributed by atoms with Gasteiger partial charge in [-0.05, 0) is 48.5 Å². The Hall–Kier alpha value is -1.54. The van der Waals surface area contributed by atoms with Crippen molar-refractivity contribution in [1.29, 1.82) is 0 Å². The Kier molecular flexibility index (Phi) is 4.28. The molecule has 2 rings (SSSR count). The molecule has 0 aliphatic carbocycles. The Balaban J connectivity index is 2.31. The molecule has 1 aliphatic heterocycles. The van der Waals surface area contributed by atoms with Gasteiger partial charge in [0.1, 0.15) is 5.60 Å². The van der Waals surface area contributed by atoms with Crippen LogP contribution >= 0.6 is 0 Å². The summed E-state index contributed by atoms with van der Waals surface area (Å²) in [6.45, 7) is 13.2. The summed E-state index contributed by atoms with van der Waals surface area (Å²) in [5, 5.41) is 4.07. The third-order valence-electron chi connectivity index (χ3n) is 4.02. The van der Waals surface area contributed by atoms with E-state index in [1.807, 2.05) is 27.7 Å². The fourth-order valence-electron chi connectivity index (χ4n) is 2.12. The number of ether oxygens (including phenoxy) is 2. The minimum atomic E-state index is -0.661. The molecule has 0 radical (unpaired) electrons. The maximum atomic E-state index is 12.2. The number of aromatic nitrogens is 2. The van der Waals surface area contributed by atoms with Gasteiger partial charge in [0.15, 0.2) is 0 Å². The Morgan fingerprint density at radius 2 is 1.74 bits per heavy atom. The van der Waals surface area contributed by atoms with Crippen LogP contribution in [-0.4, -0.2) is 46.9 Å². The fourth-order valence-corrected chi connectivity index (χ4v) is 2.12. The average Bonchev–Trinajstić information content (AvgIpc) is 2.86. The lowest BCUT2D eigenvalue weighted by molar-refractivity contribution is 0.00578. The van der Waals surface area contributed by atoms with E-state index in [2.05, 4.69) is 5.10 Å². The molecular weight excluding hydrogens is 299 g/mol. The lowest BCUT2D eigenvalue weighted by Crippen LogP contribution is -2.41. The number of nitrogens with zero attached hydrogens (tertiary/aromatic N) is 2. The highest BCUT2D eigenvalue weighted by molar-refractivity contribution is 6.63. The van der Waals surface area contributed by atoms with Crippen molar-refractivity contribution in [2.45, 2.75) is 65.3 Å². The molecule has 1 aromatic heterocycles. The number of hydrogen-bond acceptors (Lipinski definition) is 6. The highest BCUT2D eigenvalue weighted by Gasteiger charge is 2.53. The molecule has 7 nitrogen and oxygen atoms in total. The van der Waals surface area contributed by atoms with E-state index in [9.17, 15) is 4.79 Å². The van der Waals surface area contributed by atoms with Crippen molar-refractivity contribution in [3.05, 3.63) is 6.20 Å². The molecule has 23 heavy (non-hydrogen) atoms. The Morgan fingerprint density at radius 1 is 1.22 bits per heavy atom. The van der Waals surface area contributed by atoms with Crippen LogP contribution in [0.3, 0.4) is 0 Å². The maximum absolute atomic E-state index is 12.2. The first kappa shape index (κ1) is 17.8. The Morgan fingerprint density at radius 3 is 2.17 bits per heavy atom. The van der Waals surface area contributed by atoms with Crippen LogP contribution in [-0.2, 0) is 14.0 Å². The van der Waals surface area contributed by atoms with Crippen LogP contribution in [0.15, 0.2) is 6.20 Å². The number of carbonyl (C=O) groups excluding carboxylic acids is 1. The second kappa shape index (κ2) is 5.52. The zero-order valence-corrected chi connectivity index (χ0v) is 15.1. The molecule has 1 saturated heterocycles. The minimum Gasteiger partial charge on any atom is -0.481 e. The van der Waals surface area contributed by atoms with Gasteiger partial charge in [-0.3, -0.25) is 0 Å². The summed E-state index contributed by atoms with van der Waals surface area (Å²) in [6.07, 6.45) is 0.891. The van der Waals surface area contributed by atoms with Crippen molar-refractivity contribution >= 4 is 18.7 Å². The molecule has 0 spiro atoms. The average molecular weight is 324 g/mol. The van der Waals surface area contributed by atoms with Gasteiger partial charge in [0.25, 0.3) is 0 Å². The highest BCUT2D eigenvalue weighted by Crippen LogP contribution is 2.37. The molecule has 0 saturated carbocycles. The molecule has 0 amide bonds. The molecule has 0 bridgehead atoms. The smallest absolute Gasteiger partial charge is 0.481 e. The van der Waals surface area contributed by atoms with Gasteiger partial charge in [-0.25, -0.2) is 4.79 Å². The Labute approximate surface area is 137 Å². The second-order valence-corrected chi connectivity index (χ2v) is 7.59. The molecule has 0 N–H and O–H groups in total. The summed E-state index contributed by atoms with van der Waals surface area (Å²) in [5.41, 5.74) is -1.05. The monoisotopic (exact) mass is 324 g/mol. The van der Waals surface area contributed by atoms with E-state index in [1.165, 1.54) is 13.3 Å². The quantitative estimate of drug-likeness (QED) is 0.775. The lowest BCUT2D eigenvalue weighted by Gasteiger charge is -2.32. The van der Waals surface area contributed by atoms with Crippen LogP contribution in [0.2, 0.25) is 0 Å². The zero-order valence-electron chi connectivity index (χ0n) is 15.1. The second-order valence-electron chi connectivity index (χ2n) is 7.59. The number of hydrogen-bond donors (Lipinski definition) is 0. The standard InChI is InChI=1S/C15H25BN2O5/c1-13(2,3)21-12(19)18-11(20-8)10(9-17-18)16-22-14(4,5)15(6,7)23-16/h9H,1-8H3. The molecule has 128 valence electrons. The summed E-state index contributed by atoms with van der Waals surface area (Å²) >= 11 is 0. The third kappa shape index (κ3) is 3.38. The molecule has 1 aliphatic rings. The Bertz CT molecular complexity index is 587. The summed E-state index contributed by atoms with van der Waals surface area (Å²) in [5.74, 6) is 0.248. The summed E-state index contributed by atoms with van der Waals surface area (Å²) in [7, 11) is 0.804. The predicted octanol–water partition coefficient (Wildman–Crippen LogP) is 1.97. The molecule has 8 heteroatoms. The summed E-state index contributed by atoms with van der Waals surface area (Å²) < 4.78 is 23.7. The predicted molar refractivity (Wildman–Crippen MR) is 86.1 cm³/mol. The summed E-state index contributed by atoms with van der Waals surface area (Å²) in [4.78, 5) is 12.2. The highest BCUT2D eigenvalue weighted by atomic mass is 16.7. The van der Waals surface area contributed by atoms with Crippen LogP contribution in [0.1, 0.15) is 48.5 Å². The molecule has 2 heterocycles. The van der Waals surface area contributed by atoms with Crippen molar-refractivity contribution in [3.63, 3.8) is 0 Å². The van der Waals surface area contributed by atoms with Crippen molar-refractivity contribution in [2.75, 3.05) is 7.11 Å². The van der Waals surface area contributed by atoms with Gasteiger partial charge >= 0.3 is 13.2 Å². The zero-order chi connectivity index (χ0) is 17.6. The first-order valence-electron chi connectivity index (χ1n) is 7.59. The van der Waals surface area contributed by atoms with E-state index in [4.69, 9.17) is 18.8 Å². The van der Waals surface area contributed by atoms with Crippen LogP contribution < -0.4 is 10.2 Å². The van der Waals surface area contributed by atoms with Gasteiger partial charge < -0.3 is 18.8 Å². The van der Waals surface area contributed by atoms with Crippen LogP contribution in [0, 0.1) is 0 Å². The van der Waals surface area contributed by atoms with E-state index in [0.717, 1.165) is 4.68 Å². The van der Waals surface area contributed by atoms with Crippen molar-refractivity contribution in [3.8, 4) is 5.88 Å². The van der Waals surface area contributed by atoms with Gasteiger partial charge in [0.05, 0.1) is 30.0 Å². The van der Waals surface area contributed by atoms with E-state index in [0.29, 0.717) is 5.46 Å². The number of methoxy groups -OCH3 is 1. The molecule has 0 aromatic carbocycles. The van der Waals surface area contributed by atoms with Crippen LogP contribution in [0.4, 0.5) is 4.79 Å². The normalized spacial score (nSPS) is 19.7. The molecule has 1 fully saturated rings. The van der Waals surface area contributed by atoms with Gasteiger partial charge in [-0.2, -0.15) is 5.10 Å². The molecule has 0 unspecified atom stereocenters. The fraction of sp³-hybridized carbons (Fsp3) is 0.733. The number of carbonyl (C=O) groups is 1. The SMILES string of the molecule is COc1c(B2OC(C)(C)C(C)(C)O2)cnn1C(=O)OC(C)(C)C. The van der Waals surface area contributed by atoms with Gasteiger partial charge in [-0.1, -0.05) is 0 Å². The molecular formula is C15H25BN2O5. The van der Waals surface area contributed by atoms with E-state index in [-0.39, 0.29) is 5.88 Å².